The average molecular weight is 431 g/mol. The number of methoxy groups -OCH3 is 1. The Morgan fingerprint density at radius 3 is 2.52 bits per heavy atom. The summed E-state index contributed by atoms with van der Waals surface area (Å²) < 4.78 is 30.0. The Balaban J connectivity index is 2.00. The smallest absolute Gasteiger partial charge is 0.316 e. The fourth-order valence-electron chi connectivity index (χ4n) is 1.84. The van der Waals surface area contributed by atoms with Crippen molar-refractivity contribution in [2.24, 2.45) is 0 Å². The number of hydrogen-bond donors (Lipinski definition) is 1. The topological polar surface area (TPSA) is 119 Å². The van der Waals surface area contributed by atoms with E-state index in [4.69, 9.17) is 0 Å². The lowest BCUT2D eigenvalue weighted by atomic mass is 10.2. The quantitative estimate of drug-likeness (QED) is 0.383. The Labute approximate surface area is 165 Å². The Morgan fingerprint density at radius 1 is 1.26 bits per heavy atom. The molecule has 1 aromatic carbocycles. The minimum Gasteiger partial charge on any atom is -0.468 e. The highest BCUT2D eigenvalue weighted by atomic mass is 32.2. The fraction of sp³-hybridized carbons (Fsp3) is 0.333. The summed E-state index contributed by atoms with van der Waals surface area (Å²) in [4.78, 5) is 23.4. The summed E-state index contributed by atoms with van der Waals surface area (Å²) in [5, 5.41) is 10.6. The SMILES string of the molecule is CCS(=O)(=O)N(C)c1ccc(C(=O)Nc2nnc(SCC(=O)OC)s2)cc1. The summed E-state index contributed by atoms with van der Waals surface area (Å²) in [6.45, 7) is 1.56. The maximum absolute atomic E-state index is 12.3. The van der Waals surface area contributed by atoms with Gasteiger partial charge in [-0.3, -0.25) is 19.2 Å². The van der Waals surface area contributed by atoms with Crippen molar-refractivity contribution in [2.45, 2.75) is 11.3 Å². The Hall–Kier alpha value is -2.18. The first kappa shape index (κ1) is 21.1. The van der Waals surface area contributed by atoms with Gasteiger partial charge in [-0.25, -0.2) is 8.42 Å². The molecule has 0 aliphatic rings. The molecule has 9 nitrogen and oxygen atoms in total. The molecular formula is C15H18N4O5S3. The maximum atomic E-state index is 12.3. The summed E-state index contributed by atoms with van der Waals surface area (Å²) in [5.74, 6) is -0.687. The number of nitrogens with one attached hydrogen (secondary N) is 1. The van der Waals surface area contributed by atoms with Crippen LogP contribution in [0.4, 0.5) is 10.8 Å². The van der Waals surface area contributed by atoms with Crippen molar-refractivity contribution in [3.05, 3.63) is 29.8 Å². The van der Waals surface area contributed by atoms with Crippen LogP contribution in [0.2, 0.25) is 0 Å². The first-order chi connectivity index (χ1) is 12.8. The van der Waals surface area contributed by atoms with E-state index < -0.39 is 15.9 Å². The van der Waals surface area contributed by atoms with Gasteiger partial charge in [0.2, 0.25) is 15.2 Å². The predicted octanol–water partition coefficient (Wildman–Crippen LogP) is 1.84. The van der Waals surface area contributed by atoms with Crippen LogP contribution in [0.25, 0.3) is 0 Å². The molecule has 1 amide bonds. The van der Waals surface area contributed by atoms with Crippen LogP contribution in [0.5, 0.6) is 0 Å². The van der Waals surface area contributed by atoms with Gasteiger partial charge in [-0.2, -0.15) is 0 Å². The van der Waals surface area contributed by atoms with Crippen LogP contribution in [-0.4, -0.2) is 56.2 Å². The number of nitrogens with zero attached hydrogens (tertiary/aromatic N) is 3. The van der Waals surface area contributed by atoms with Crippen LogP contribution in [0.15, 0.2) is 28.6 Å². The molecular weight excluding hydrogens is 412 g/mol. The molecule has 2 rings (SSSR count). The number of anilines is 2. The van der Waals surface area contributed by atoms with Gasteiger partial charge < -0.3 is 4.74 Å². The number of sulfonamides is 1. The predicted molar refractivity (Wildman–Crippen MR) is 105 cm³/mol. The van der Waals surface area contributed by atoms with Gasteiger partial charge in [0.05, 0.1) is 24.3 Å². The summed E-state index contributed by atoms with van der Waals surface area (Å²) in [7, 11) is -0.601. The molecule has 1 heterocycles. The third-order valence-electron chi connectivity index (χ3n) is 3.44. The molecule has 0 radical (unpaired) electrons. The van der Waals surface area contributed by atoms with E-state index in [1.165, 1.54) is 30.6 Å². The molecule has 1 N–H and O–H groups in total. The zero-order valence-electron chi connectivity index (χ0n) is 14.8. The second kappa shape index (κ2) is 9.15. The summed E-state index contributed by atoms with van der Waals surface area (Å²) in [6.07, 6.45) is 0. The minimum atomic E-state index is -3.36. The first-order valence-electron chi connectivity index (χ1n) is 7.68. The van der Waals surface area contributed by atoms with Crippen molar-refractivity contribution >= 4 is 55.8 Å². The van der Waals surface area contributed by atoms with Crippen molar-refractivity contribution in [2.75, 3.05) is 35.3 Å². The van der Waals surface area contributed by atoms with Crippen LogP contribution < -0.4 is 9.62 Å². The van der Waals surface area contributed by atoms with Gasteiger partial charge in [0.15, 0.2) is 4.34 Å². The summed E-state index contributed by atoms with van der Waals surface area (Å²) in [5.41, 5.74) is 0.811. The average Bonchev–Trinajstić information content (AvgIpc) is 3.12. The number of benzene rings is 1. The van der Waals surface area contributed by atoms with E-state index in [2.05, 4.69) is 20.3 Å². The standard InChI is InChI=1S/C15H18N4O5S3/c1-4-27(22,23)19(2)11-7-5-10(6-8-11)13(21)16-14-17-18-15(26-14)25-9-12(20)24-3/h5-8H,4,9H2,1-3H3,(H,16,17,21). The minimum absolute atomic E-state index is 0.0148. The number of hydrogen-bond acceptors (Lipinski definition) is 9. The number of thioether (sulfide) groups is 1. The molecule has 12 heteroatoms. The number of aromatic nitrogens is 2. The molecule has 146 valence electrons. The molecule has 0 spiro atoms. The van der Waals surface area contributed by atoms with Crippen molar-refractivity contribution in [1.29, 1.82) is 0 Å². The fourth-order valence-corrected chi connectivity index (χ4v) is 4.25. The normalized spacial score (nSPS) is 11.1. The number of esters is 1. The van der Waals surface area contributed by atoms with Gasteiger partial charge in [-0.1, -0.05) is 23.1 Å². The Bertz CT molecular complexity index is 912. The molecule has 2 aromatic rings. The van der Waals surface area contributed by atoms with Crippen molar-refractivity contribution < 1.29 is 22.7 Å². The van der Waals surface area contributed by atoms with Crippen LogP contribution in [0.1, 0.15) is 17.3 Å². The third-order valence-corrected chi connectivity index (χ3v) is 7.16. The summed E-state index contributed by atoms with van der Waals surface area (Å²) >= 11 is 2.30. The lowest BCUT2D eigenvalue weighted by molar-refractivity contribution is -0.137. The van der Waals surface area contributed by atoms with Crippen LogP contribution >= 0.6 is 23.1 Å². The largest absolute Gasteiger partial charge is 0.468 e. The van der Waals surface area contributed by atoms with Crippen molar-refractivity contribution in [3.8, 4) is 0 Å². The first-order valence-corrected chi connectivity index (χ1v) is 11.1. The lowest BCUT2D eigenvalue weighted by Gasteiger charge is -2.18. The second-order valence-electron chi connectivity index (χ2n) is 5.11. The van der Waals surface area contributed by atoms with Gasteiger partial charge >= 0.3 is 5.97 Å². The van der Waals surface area contributed by atoms with E-state index in [0.717, 1.165) is 23.1 Å². The van der Waals surface area contributed by atoms with Gasteiger partial charge in [0.1, 0.15) is 0 Å². The second-order valence-corrected chi connectivity index (χ2v) is 9.60. The van der Waals surface area contributed by atoms with Crippen LogP contribution in [0.3, 0.4) is 0 Å². The molecule has 0 bridgehead atoms. The highest BCUT2D eigenvalue weighted by Crippen LogP contribution is 2.26. The molecule has 0 saturated carbocycles. The maximum Gasteiger partial charge on any atom is 0.316 e. The molecule has 1 aromatic heterocycles. The van der Waals surface area contributed by atoms with E-state index in [1.807, 2.05) is 0 Å². The monoisotopic (exact) mass is 430 g/mol. The highest BCUT2D eigenvalue weighted by Gasteiger charge is 2.17. The lowest BCUT2D eigenvalue weighted by Crippen LogP contribution is -2.28. The van der Waals surface area contributed by atoms with E-state index in [1.54, 1.807) is 19.1 Å². The van der Waals surface area contributed by atoms with Gasteiger partial charge in [0, 0.05) is 12.6 Å². The Morgan fingerprint density at radius 2 is 1.93 bits per heavy atom. The van der Waals surface area contributed by atoms with Crippen LogP contribution in [-0.2, 0) is 19.6 Å². The number of carbonyl (C=O) groups is 2. The van der Waals surface area contributed by atoms with Crippen molar-refractivity contribution in [3.63, 3.8) is 0 Å². The number of ether oxygens (including phenoxy) is 1. The van der Waals surface area contributed by atoms with E-state index in [0.29, 0.717) is 20.7 Å². The number of amides is 1. The molecule has 0 atom stereocenters. The van der Waals surface area contributed by atoms with E-state index in [9.17, 15) is 18.0 Å². The molecule has 27 heavy (non-hydrogen) atoms. The Kier molecular flexibility index (Phi) is 7.16. The molecule has 0 aliphatic heterocycles. The molecule has 0 saturated heterocycles. The third kappa shape index (κ3) is 5.65. The van der Waals surface area contributed by atoms with Gasteiger partial charge in [-0.05, 0) is 31.2 Å². The van der Waals surface area contributed by atoms with Gasteiger partial charge in [-0.15, -0.1) is 10.2 Å². The van der Waals surface area contributed by atoms with E-state index >= 15 is 0 Å². The summed E-state index contributed by atoms with van der Waals surface area (Å²) in [6, 6.07) is 6.17. The molecule has 0 fully saturated rings. The van der Waals surface area contributed by atoms with Gasteiger partial charge in [0.25, 0.3) is 5.91 Å². The number of rotatable bonds is 8. The number of carbonyl (C=O) groups excluding carboxylic acids is 2. The zero-order chi connectivity index (χ0) is 20.0. The molecule has 0 aliphatic carbocycles. The zero-order valence-corrected chi connectivity index (χ0v) is 17.3. The highest BCUT2D eigenvalue weighted by molar-refractivity contribution is 8.01. The van der Waals surface area contributed by atoms with Crippen LogP contribution in [0, 0.1) is 0 Å². The van der Waals surface area contributed by atoms with E-state index in [-0.39, 0.29) is 17.5 Å². The molecule has 0 unspecified atom stereocenters. The van der Waals surface area contributed by atoms with Crippen molar-refractivity contribution in [1.82, 2.24) is 10.2 Å².